The summed E-state index contributed by atoms with van der Waals surface area (Å²) in [7, 11) is 0. The molecule has 3 aliphatic rings. The van der Waals surface area contributed by atoms with Crippen LogP contribution in [0.25, 0.3) is 0 Å². The first kappa shape index (κ1) is 15.6. The third-order valence-electron chi connectivity index (χ3n) is 5.47. The molecule has 0 radical (unpaired) electrons. The number of nitrogens with two attached hydrogens (primary N) is 1. The van der Waals surface area contributed by atoms with E-state index in [1.165, 1.54) is 4.90 Å². The fourth-order valence-electron chi connectivity index (χ4n) is 4.47. The Labute approximate surface area is 148 Å². The standard InChI is InChI=1S/C18H17BrN2O3/c19-12-5-3-9(4-6-12)13(8-14(20)22)21-17(23)15-10-1-2-11(7-10)16(15)18(21)24/h1-6,10-11,13,15-16H,7-8H2,(H2,20,22). The van der Waals surface area contributed by atoms with Gasteiger partial charge in [0.2, 0.25) is 17.7 Å². The minimum absolute atomic E-state index is 0.0543. The largest absolute Gasteiger partial charge is 0.370 e. The van der Waals surface area contributed by atoms with E-state index in [-0.39, 0.29) is 41.9 Å². The van der Waals surface area contributed by atoms with Gasteiger partial charge in [0, 0.05) is 4.47 Å². The number of carbonyl (C=O) groups is 3. The quantitative estimate of drug-likeness (QED) is 0.633. The molecule has 2 N–H and O–H groups in total. The van der Waals surface area contributed by atoms with Crippen molar-refractivity contribution in [2.45, 2.75) is 18.9 Å². The Balaban J connectivity index is 1.71. The lowest BCUT2D eigenvalue weighted by Crippen LogP contribution is -2.38. The van der Waals surface area contributed by atoms with Crippen LogP contribution < -0.4 is 5.73 Å². The number of hydrogen-bond donors (Lipinski definition) is 1. The van der Waals surface area contributed by atoms with Crippen LogP contribution >= 0.6 is 15.9 Å². The Morgan fingerprint density at radius 2 is 1.67 bits per heavy atom. The molecule has 1 saturated heterocycles. The third-order valence-corrected chi connectivity index (χ3v) is 5.99. The molecular formula is C18H17BrN2O3. The van der Waals surface area contributed by atoms with Crippen molar-refractivity contribution in [3.05, 3.63) is 46.5 Å². The molecule has 1 heterocycles. The maximum absolute atomic E-state index is 13.0. The summed E-state index contributed by atoms with van der Waals surface area (Å²) in [5, 5.41) is 0. The summed E-state index contributed by atoms with van der Waals surface area (Å²) >= 11 is 3.37. The molecule has 5 unspecified atom stereocenters. The average molecular weight is 389 g/mol. The smallest absolute Gasteiger partial charge is 0.234 e. The van der Waals surface area contributed by atoms with Gasteiger partial charge in [0.1, 0.15) is 0 Å². The van der Waals surface area contributed by atoms with E-state index in [1.54, 1.807) is 0 Å². The van der Waals surface area contributed by atoms with Gasteiger partial charge in [0.15, 0.2) is 0 Å². The number of nitrogens with zero attached hydrogens (tertiary/aromatic N) is 1. The summed E-state index contributed by atoms with van der Waals surface area (Å²) in [5.74, 6) is -1.06. The number of hydrogen-bond acceptors (Lipinski definition) is 3. The Morgan fingerprint density at radius 1 is 1.12 bits per heavy atom. The highest BCUT2D eigenvalue weighted by Gasteiger charge is 2.60. The number of primary amides is 1. The molecule has 24 heavy (non-hydrogen) atoms. The maximum atomic E-state index is 13.0. The van der Waals surface area contributed by atoms with Crippen molar-refractivity contribution in [2.24, 2.45) is 29.4 Å². The number of halogens is 1. The van der Waals surface area contributed by atoms with Gasteiger partial charge < -0.3 is 5.73 Å². The minimum Gasteiger partial charge on any atom is -0.370 e. The summed E-state index contributed by atoms with van der Waals surface area (Å²) in [6, 6.07) is 6.68. The van der Waals surface area contributed by atoms with Crippen molar-refractivity contribution in [1.82, 2.24) is 4.90 Å². The lowest BCUT2D eigenvalue weighted by molar-refractivity contribution is -0.144. The Bertz CT molecular complexity index is 728. The van der Waals surface area contributed by atoms with E-state index >= 15 is 0 Å². The monoisotopic (exact) mass is 388 g/mol. The van der Waals surface area contributed by atoms with Crippen molar-refractivity contribution < 1.29 is 14.4 Å². The van der Waals surface area contributed by atoms with Gasteiger partial charge in [-0.25, -0.2) is 0 Å². The first-order chi connectivity index (χ1) is 11.5. The van der Waals surface area contributed by atoms with Gasteiger partial charge in [0.05, 0.1) is 24.3 Å². The summed E-state index contributed by atoms with van der Waals surface area (Å²) < 4.78 is 0.891. The number of allylic oxidation sites excluding steroid dienone is 2. The van der Waals surface area contributed by atoms with Crippen LogP contribution in [0.2, 0.25) is 0 Å². The number of fused-ring (bicyclic) bond motifs is 5. The highest BCUT2D eigenvalue weighted by molar-refractivity contribution is 9.10. The number of amides is 3. The number of benzene rings is 1. The lowest BCUT2D eigenvalue weighted by Gasteiger charge is -2.27. The average Bonchev–Trinajstić information content (AvgIpc) is 3.20. The molecule has 1 aromatic rings. The summed E-state index contributed by atoms with van der Waals surface area (Å²) in [6.45, 7) is 0. The zero-order valence-corrected chi connectivity index (χ0v) is 14.5. The van der Waals surface area contributed by atoms with Gasteiger partial charge in [-0.05, 0) is 36.0 Å². The number of carbonyl (C=O) groups excluding carboxylic acids is 3. The summed E-state index contributed by atoms with van der Waals surface area (Å²) in [4.78, 5) is 38.8. The molecule has 1 aromatic carbocycles. The lowest BCUT2D eigenvalue weighted by atomic mass is 9.85. The second-order valence-corrected chi connectivity index (χ2v) is 7.70. The topological polar surface area (TPSA) is 80.5 Å². The predicted octanol–water partition coefficient (Wildman–Crippen LogP) is 2.17. The predicted molar refractivity (Wildman–Crippen MR) is 90.3 cm³/mol. The van der Waals surface area contributed by atoms with Crippen molar-refractivity contribution in [1.29, 1.82) is 0 Å². The third kappa shape index (κ3) is 2.24. The molecule has 2 fully saturated rings. The van der Waals surface area contributed by atoms with Crippen LogP contribution in [-0.4, -0.2) is 22.6 Å². The van der Waals surface area contributed by atoms with Crippen LogP contribution in [0.3, 0.4) is 0 Å². The van der Waals surface area contributed by atoms with Gasteiger partial charge in [-0.1, -0.05) is 40.2 Å². The van der Waals surface area contributed by atoms with Gasteiger partial charge in [0.25, 0.3) is 0 Å². The van der Waals surface area contributed by atoms with Gasteiger partial charge in [-0.15, -0.1) is 0 Å². The number of rotatable bonds is 4. The van der Waals surface area contributed by atoms with Crippen LogP contribution in [0.1, 0.15) is 24.4 Å². The van der Waals surface area contributed by atoms with Crippen LogP contribution in [0, 0.1) is 23.7 Å². The van der Waals surface area contributed by atoms with Gasteiger partial charge in [-0.2, -0.15) is 0 Å². The number of likely N-dealkylation sites (tertiary alicyclic amines) is 1. The molecule has 4 rings (SSSR count). The zero-order chi connectivity index (χ0) is 17.0. The molecule has 0 spiro atoms. The van der Waals surface area contributed by atoms with Crippen molar-refractivity contribution >= 4 is 33.7 Å². The molecule has 1 saturated carbocycles. The molecule has 5 nitrogen and oxygen atoms in total. The zero-order valence-electron chi connectivity index (χ0n) is 12.9. The molecule has 5 atom stereocenters. The first-order valence-corrected chi connectivity index (χ1v) is 8.85. The van der Waals surface area contributed by atoms with Crippen LogP contribution in [0.15, 0.2) is 40.9 Å². The highest BCUT2D eigenvalue weighted by Crippen LogP contribution is 2.54. The van der Waals surface area contributed by atoms with Crippen LogP contribution in [0.5, 0.6) is 0 Å². The van der Waals surface area contributed by atoms with E-state index < -0.39 is 11.9 Å². The van der Waals surface area contributed by atoms with Gasteiger partial charge >= 0.3 is 0 Å². The minimum atomic E-state index is -0.624. The summed E-state index contributed by atoms with van der Waals surface area (Å²) in [6.07, 6.45) is 4.95. The Hall–Kier alpha value is -1.95. The van der Waals surface area contributed by atoms with Crippen LogP contribution in [-0.2, 0) is 14.4 Å². The van der Waals surface area contributed by atoms with Crippen LogP contribution in [0.4, 0.5) is 0 Å². The van der Waals surface area contributed by atoms with Crippen molar-refractivity contribution in [2.75, 3.05) is 0 Å². The molecule has 2 aliphatic carbocycles. The van der Waals surface area contributed by atoms with E-state index in [0.717, 1.165) is 16.5 Å². The van der Waals surface area contributed by atoms with E-state index in [1.807, 2.05) is 24.3 Å². The molecule has 124 valence electrons. The normalized spacial score (nSPS) is 31.6. The molecule has 3 amide bonds. The maximum Gasteiger partial charge on any atom is 0.234 e. The fraction of sp³-hybridized carbons (Fsp3) is 0.389. The molecular weight excluding hydrogens is 372 g/mol. The van der Waals surface area contributed by atoms with Crippen molar-refractivity contribution in [3.8, 4) is 0 Å². The van der Waals surface area contributed by atoms with E-state index in [2.05, 4.69) is 28.1 Å². The Morgan fingerprint density at radius 3 is 2.17 bits per heavy atom. The van der Waals surface area contributed by atoms with E-state index in [4.69, 9.17) is 5.73 Å². The van der Waals surface area contributed by atoms with E-state index in [9.17, 15) is 14.4 Å². The fourth-order valence-corrected chi connectivity index (χ4v) is 4.73. The number of imide groups is 1. The molecule has 2 bridgehead atoms. The highest BCUT2D eigenvalue weighted by atomic mass is 79.9. The molecule has 6 heteroatoms. The Kier molecular flexibility index (Phi) is 3.60. The van der Waals surface area contributed by atoms with Crippen molar-refractivity contribution in [3.63, 3.8) is 0 Å². The summed E-state index contributed by atoms with van der Waals surface area (Å²) in [5.41, 5.74) is 6.14. The molecule has 0 aromatic heterocycles. The molecule has 1 aliphatic heterocycles. The van der Waals surface area contributed by atoms with Gasteiger partial charge in [-0.3, -0.25) is 19.3 Å². The second kappa shape index (κ2) is 5.55. The van der Waals surface area contributed by atoms with E-state index in [0.29, 0.717) is 0 Å². The first-order valence-electron chi connectivity index (χ1n) is 8.06. The SMILES string of the molecule is NC(=O)CC(c1ccc(Br)cc1)N1C(=O)C2C3C=CC(C3)C2C1=O. The second-order valence-electron chi connectivity index (χ2n) is 6.78.